The maximum absolute atomic E-state index is 12.8. The van der Waals surface area contributed by atoms with Gasteiger partial charge in [-0.3, -0.25) is 9.59 Å². The van der Waals surface area contributed by atoms with E-state index in [-0.39, 0.29) is 24.3 Å². The van der Waals surface area contributed by atoms with E-state index in [9.17, 15) is 9.59 Å². The lowest BCUT2D eigenvalue weighted by molar-refractivity contribution is -0.135. The zero-order chi connectivity index (χ0) is 19.3. The van der Waals surface area contributed by atoms with E-state index < -0.39 is 0 Å². The number of nitrogens with zero attached hydrogens (tertiary/aromatic N) is 5. The fraction of sp³-hybridized carbons (Fsp3) is 0.524. The van der Waals surface area contributed by atoms with Crippen LogP contribution in [0.5, 0.6) is 0 Å². The van der Waals surface area contributed by atoms with Gasteiger partial charge in [0.25, 0.3) is 0 Å². The summed E-state index contributed by atoms with van der Waals surface area (Å²) in [6.45, 7) is 3.46. The number of hydrogen-bond donors (Lipinski definition) is 0. The van der Waals surface area contributed by atoms with Gasteiger partial charge in [-0.2, -0.15) is 5.10 Å². The molecule has 2 aliphatic heterocycles. The third kappa shape index (κ3) is 4.24. The molecule has 3 aliphatic rings. The molecule has 3 heterocycles. The summed E-state index contributed by atoms with van der Waals surface area (Å²) in [6.07, 6.45) is 17.9. The molecule has 7 nitrogen and oxygen atoms in total. The van der Waals surface area contributed by atoms with E-state index in [0.29, 0.717) is 11.8 Å². The molecule has 0 bridgehead atoms. The van der Waals surface area contributed by atoms with Crippen molar-refractivity contribution in [1.29, 1.82) is 0 Å². The number of amides is 2. The lowest BCUT2D eigenvalue weighted by Crippen LogP contribution is -2.44. The summed E-state index contributed by atoms with van der Waals surface area (Å²) in [5.41, 5.74) is 0. The minimum Gasteiger partial charge on any atom is -0.342 e. The van der Waals surface area contributed by atoms with E-state index in [1.807, 2.05) is 46.3 Å². The van der Waals surface area contributed by atoms with Crippen LogP contribution in [0.2, 0.25) is 0 Å². The molecule has 28 heavy (non-hydrogen) atoms. The molecular weight excluding hydrogens is 354 g/mol. The van der Waals surface area contributed by atoms with E-state index in [4.69, 9.17) is 0 Å². The maximum Gasteiger partial charge on any atom is 0.244 e. The van der Waals surface area contributed by atoms with Gasteiger partial charge in [0, 0.05) is 26.2 Å². The number of piperidine rings is 1. The van der Waals surface area contributed by atoms with Gasteiger partial charge in [-0.15, -0.1) is 0 Å². The van der Waals surface area contributed by atoms with E-state index in [1.165, 1.54) is 6.33 Å². The van der Waals surface area contributed by atoms with Gasteiger partial charge in [0.15, 0.2) is 0 Å². The molecule has 1 aliphatic carbocycles. The van der Waals surface area contributed by atoms with Crippen molar-refractivity contribution in [3.63, 3.8) is 0 Å². The third-order valence-electron chi connectivity index (χ3n) is 6.03. The minimum absolute atomic E-state index is 0.0994. The van der Waals surface area contributed by atoms with Crippen LogP contribution in [0, 0.1) is 17.8 Å². The number of likely N-dealkylation sites (tertiary alicyclic amines) is 2. The fourth-order valence-electron chi connectivity index (χ4n) is 4.48. The average Bonchev–Trinajstić information content (AvgIpc) is 3.34. The molecule has 0 N–H and O–H groups in total. The normalized spacial score (nSPS) is 25.3. The largest absolute Gasteiger partial charge is 0.342 e. The van der Waals surface area contributed by atoms with Crippen molar-refractivity contribution in [2.24, 2.45) is 17.8 Å². The van der Waals surface area contributed by atoms with E-state index in [2.05, 4.69) is 10.1 Å². The molecular formula is C21H27N5O2. The van der Waals surface area contributed by atoms with Crippen molar-refractivity contribution >= 4 is 11.8 Å². The molecule has 0 aromatic carbocycles. The smallest absolute Gasteiger partial charge is 0.244 e. The molecule has 1 aromatic heterocycles. The second-order valence-corrected chi connectivity index (χ2v) is 7.85. The second kappa shape index (κ2) is 8.54. The summed E-state index contributed by atoms with van der Waals surface area (Å²) in [5.74, 6) is 1.06. The Morgan fingerprint density at radius 2 is 1.68 bits per heavy atom. The van der Waals surface area contributed by atoms with Gasteiger partial charge in [0.1, 0.15) is 19.2 Å². The van der Waals surface area contributed by atoms with Gasteiger partial charge in [0.05, 0.1) is 5.92 Å². The maximum atomic E-state index is 12.8. The van der Waals surface area contributed by atoms with Crippen LogP contribution >= 0.6 is 0 Å². The zero-order valence-corrected chi connectivity index (χ0v) is 16.1. The Balaban J connectivity index is 1.32. The first-order chi connectivity index (χ1) is 13.7. The molecule has 2 amide bonds. The van der Waals surface area contributed by atoms with Gasteiger partial charge < -0.3 is 9.80 Å². The Hall–Kier alpha value is -2.70. The van der Waals surface area contributed by atoms with Crippen LogP contribution < -0.4 is 0 Å². The standard InChI is InChI=1S/C21H27N5O2/c27-20(14-26-16-22-15-23-26)24-10-5-8-18(12-24)19-9-11-25(13-19)21(28)17-6-3-1-2-4-7-17/h1-4,6-7,15-19H,5,8-14H2. The van der Waals surface area contributed by atoms with Crippen molar-refractivity contribution < 1.29 is 9.59 Å². The molecule has 1 aromatic rings. The topological polar surface area (TPSA) is 71.3 Å². The number of allylic oxidation sites excluding steroid dienone is 4. The number of hydrogen-bond acceptors (Lipinski definition) is 4. The van der Waals surface area contributed by atoms with E-state index >= 15 is 0 Å². The molecule has 4 rings (SSSR count). The summed E-state index contributed by atoms with van der Waals surface area (Å²) >= 11 is 0. The first-order valence-electron chi connectivity index (χ1n) is 10.1. The average molecular weight is 381 g/mol. The van der Waals surface area contributed by atoms with Crippen LogP contribution in [0.3, 0.4) is 0 Å². The molecule has 148 valence electrons. The number of aromatic nitrogens is 3. The zero-order valence-electron chi connectivity index (χ0n) is 16.1. The van der Waals surface area contributed by atoms with E-state index in [1.54, 1.807) is 11.0 Å². The summed E-state index contributed by atoms with van der Waals surface area (Å²) in [6, 6.07) is 0. The van der Waals surface area contributed by atoms with Crippen molar-refractivity contribution in [2.75, 3.05) is 26.2 Å². The Kier molecular flexibility index (Phi) is 5.69. The lowest BCUT2D eigenvalue weighted by atomic mass is 9.85. The number of carbonyl (C=O) groups is 2. The highest BCUT2D eigenvalue weighted by Crippen LogP contribution is 2.32. The molecule has 2 atom stereocenters. The van der Waals surface area contributed by atoms with Gasteiger partial charge in [-0.05, 0) is 31.1 Å². The highest BCUT2D eigenvalue weighted by Gasteiger charge is 2.36. The molecule has 7 heteroatoms. The third-order valence-corrected chi connectivity index (χ3v) is 6.03. The molecule has 0 spiro atoms. The van der Waals surface area contributed by atoms with Gasteiger partial charge in [0.2, 0.25) is 11.8 Å². The van der Waals surface area contributed by atoms with Gasteiger partial charge >= 0.3 is 0 Å². The van der Waals surface area contributed by atoms with Crippen LogP contribution in [0.25, 0.3) is 0 Å². The Morgan fingerprint density at radius 1 is 0.929 bits per heavy atom. The molecule has 2 fully saturated rings. The predicted octanol–water partition coefficient (Wildman–Crippen LogP) is 1.66. The minimum atomic E-state index is -0.166. The van der Waals surface area contributed by atoms with Crippen LogP contribution in [0.1, 0.15) is 19.3 Å². The molecule has 0 saturated carbocycles. The van der Waals surface area contributed by atoms with Crippen LogP contribution in [0.15, 0.2) is 49.1 Å². The monoisotopic (exact) mass is 381 g/mol. The van der Waals surface area contributed by atoms with Gasteiger partial charge in [-0.1, -0.05) is 36.5 Å². The van der Waals surface area contributed by atoms with Crippen molar-refractivity contribution in [2.45, 2.75) is 25.8 Å². The SMILES string of the molecule is O=C(Cn1cncn1)N1CCCC(C2CCN(C(=O)C3C=CC=CC=C3)C2)C1. The fourth-order valence-corrected chi connectivity index (χ4v) is 4.48. The summed E-state index contributed by atoms with van der Waals surface area (Å²) in [7, 11) is 0. The second-order valence-electron chi connectivity index (χ2n) is 7.85. The van der Waals surface area contributed by atoms with Crippen LogP contribution in [-0.4, -0.2) is 62.6 Å². The number of rotatable bonds is 4. The van der Waals surface area contributed by atoms with Crippen molar-refractivity contribution in [3.05, 3.63) is 49.1 Å². The highest BCUT2D eigenvalue weighted by molar-refractivity contribution is 5.83. The quantitative estimate of drug-likeness (QED) is 0.795. The lowest BCUT2D eigenvalue weighted by Gasteiger charge is -2.35. The Bertz CT molecular complexity index is 767. The predicted molar refractivity (Wildman–Crippen MR) is 105 cm³/mol. The Morgan fingerprint density at radius 3 is 2.43 bits per heavy atom. The van der Waals surface area contributed by atoms with E-state index in [0.717, 1.165) is 45.4 Å². The van der Waals surface area contributed by atoms with Gasteiger partial charge in [-0.25, -0.2) is 9.67 Å². The number of carbonyl (C=O) groups excluding carboxylic acids is 2. The molecule has 2 saturated heterocycles. The summed E-state index contributed by atoms with van der Waals surface area (Å²) < 4.78 is 1.57. The summed E-state index contributed by atoms with van der Waals surface area (Å²) in [4.78, 5) is 33.3. The van der Waals surface area contributed by atoms with Crippen molar-refractivity contribution in [3.8, 4) is 0 Å². The first kappa shape index (κ1) is 18.7. The van der Waals surface area contributed by atoms with Crippen LogP contribution in [0.4, 0.5) is 0 Å². The highest BCUT2D eigenvalue weighted by atomic mass is 16.2. The summed E-state index contributed by atoms with van der Waals surface area (Å²) in [5, 5.41) is 4.03. The van der Waals surface area contributed by atoms with Crippen LogP contribution in [-0.2, 0) is 16.1 Å². The first-order valence-corrected chi connectivity index (χ1v) is 10.1. The van der Waals surface area contributed by atoms with Crippen molar-refractivity contribution in [1.82, 2.24) is 24.6 Å². The molecule has 2 unspecified atom stereocenters. The Labute approximate surface area is 165 Å². The molecule has 0 radical (unpaired) electrons.